The summed E-state index contributed by atoms with van der Waals surface area (Å²) >= 11 is 8.67. The highest BCUT2D eigenvalue weighted by Gasteiger charge is 2.37. The molecular weight excluding hydrogens is 388 g/mol. The van der Waals surface area contributed by atoms with E-state index < -0.39 is 0 Å². The summed E-state index contributed by atoms with van der Waals surface area (Å²) in [5.41, 5.74) is 9.76. The summed E-state index contributed by atoms with van der Waals surface area (Å²) < 4.78 is 1.29. The molecule has 2 heterocycles. The van der Waals surface area contributed by atoms with Crippen LogP contribution in [0, 0.1) is 4.77 Å². The van der Waals surface area contributed by atoms with E-state index in [1.54, 1.807) is 0 Å². The molecule has 2 aliphatic rings. The summed E-state index contributed by atoms with van der Waals surface area (Å²) in [7, 11) is 0. The number of nitrogen functional groups attached to an aromatic ring is 1. The quantitative estimate of drug-likeness (QED) is 0.626. The van der Waals surface area contributed by atoms with Crippen LogP contribution in [0.2, 0.25) is 0 Å². The number of nitrogens with two attached hydrogens (primary N) is 1. The fraction of sp³-hybridized carbons (Fsp3) is 0.235. The molecule has 1 aliphatic carbocycles. The molecule has 4 N–H and O–H groups in total. The fourth-order valence-corrected chi connectivity index (χ4v) is 4.14. The topological polar surface area (TPSA) is 83.8 Å². The van der Waals surface area contributed by atoms with Gasteiger partial charge in [-0.3, -0.25) is 4.79 Å². The Bertz CT molecular complexity index is 950. The highest BCUT2D eigenvalue weighted by Crippen LogP contribution is 2.46. The Morgan fingerprint density at radius 1 is 1.33 bits per heavy atom. The lowest BCUT2D eigenvalue weighted by Gasteiger charge is -2.33. The highest BCUT2D eigenvalue weighted by molar-refractivity contribution is 9.10. The largest absolute Gasteiger partial charge is 0.385 e. The lowest BCUT2D eigenvalue weighted by Crippen LogP contribution is -2.28. The van der Waals surface area contributed by atoms with Crippen molar-refractivity contribution in [3.63, 3.8) is 0 Å². The molecule has 122 valence electrons. The normalized spacial score (nSPS) is 19.5. The van der Waals surface area contributed by atoms with Crippen LogP contribution in [0.25, 0.3) is 0 Å². The summed E-state index contributed by atoms with van der Waals surface area (Å²) in [6.07, 6.45) is 2.24. The predicted octanol–water partition coefficient (Wildman–Crippen LogP) is 4.05. The van der Waals surface area contributed by atoms with E-state index in [2.05, 4.69) is 31.2 Å². The molecule has 1 atom stereocenters. The Labute approximate surface area is 152 Å². The third-order valence-corrected chi connectivity index (χ3v) is 5.17. The first kappa shape index (κ1) is 15.5. The summed E-state index contributed by atoms with van der Waals surface area (Å²) in [5, 5.41) is 3.29. The monoisotopic (exact) mass is 402 g/mol. The summed E-state index contributed by atoms with van der Waals surface area (Å²) in [4.78, 5) is 20.0. The highest BCUT2D eigenvalue weighted by atomic mass is 79.9. The zero-order valence-electron chi connectivity index (χ0n) is 12.7. The third kappa shape index (κ3) is 2.48. The number of carbonyl (C=O) groups is 1. The van der Waals surface area contributed by atoms with Crippen LogP contribution < -0.4 is 11.1 Å². The first-order chi connectivity index (χ1) is 11.5. The maximum absolute atomic E-state index is 12.7. The van der Waals surface area contributed by atoms with Crippen molar-refractivity contribution in [3.8, 4) is 0 Å². The van der Waals surface area contributed by atoms with Crippen LogP contribution in [-0.2, 0) is 4.79 Å². The fourth-order valence-electron chi connectivity index (χ4n) is 3.52. The van der Waals surface area contributed by atoms with E-state index in [1.807, 2.05) is 24.3 Å². The smallest absolute Gasteiger partial charge is 0.200 e. The van der Waals surface area contributed by atoms with Crippen molar-refractivity contribution in [3.05, 3.63) is 55.9 Å². The average molecular weight is 403 g/mol. The predicted molar refractivity (Wildman–Crippen MR) is 99.3 cm³/mol. The van der Waals surface area contributed by atoms with Crippen molar-refractivity contribution in [2.45, 2.75) is 25.2 Å². The molecule has 0 saturated heterocycles. The van der Waals surface area contributed by atoms with Gasteiger partial charge in [-0.2, -0.15) is 0 Å². The first-order valence-corrected chi connectivity index (χ1v) is 8.93. The molecule has 5 nitrogen and oxygen atoms in total. The van der Waals surface area contributed by atoms with Crippen molar-refractivity contribution in [1.29, 1.82) is 0 Å². The van der Waals surface area contributed by atoms with Gasteiger partial charge < -0.3 is 16.0 Å². The number of Topliss-reactive ketones (excluding diaryl/α,β-unsaturated/α-hetero) is 1. The van der Waals surface area contributed by atoms with E-state index in [0.717, 1.165) is 39.7 Å². The maximum atomic E-state index is 12.7. The van der Waals surface area contributed by atoms with Crippen molar-refractivity contribution in [2.24, 2.45) is 0 Å². The van der Waals surface area contributed by atoms with Gasteiger partial charge in [-0.25, -0.2) is 4.98 Å². The first-order valence-electron chi connectivity index (χ1n) is 7.73. The minimum absolute atomic E-state index is 0.168. The molecule has 1 aromatic carbocycles. The number of halogens is 1. The van der Waals surface area contributed by atoms with Gasteiger partial charge in [0.05, 0.1) is 0 Å². The molecule has 24 heavy (non-hydrogen) atoms. The van der Waals surface area contributed by atoms with Gasteiger partial charge in [0.2, 0.25) is 0 Å². The Morgan fingerprint density at radius 2 is 2.17 bits per heavy atom. The second-order valence-corrected chi connectivity index (χ2v) is 7.30. The van der Waals surface area contributed by atoms with Crippen LogP contribution in [0.15, 0.2) is 40.0 Å². The molecule has 0 radical (unpaired) electrons. The molecule has 4 rings (SSSR count). The van der Waals surface area contributed by atoms with Crippen molar-refractivity contribution < 1.29 is 4.79 Å². The number of ketones is 1. The van der Waals surface area contributed by atoms with E-state index in [4.69, 9.17) is 18.0 Å². The summed E-state index contributed by atoms with van der Waals surface area (Å²) in [5.74, 6) is 1.03. The van der Waals surface area contributed by atoms with Gasteiger partial charge >= 0.3 is 0 Å². The lowest BCUT2D eigenvalue weighted by atomic mass is 9.76. The van der Waals surface area contributed by atoms with Gasteiger partial charge in [-0.1, -0.05) is 28.1 Å². The number of nitrogens with zero attached hydrogens (tertiary/aromatic N) is 1. The lowest BCUT2D eigenvalue weighted by molar-refractivity contribution is -0.116. The third-order valence-electron chi connectivity index (χ3n) is 4.49. The van der Waals surface area contributed by atoms with Gasteiger partial charge in [0.25, 0.3) is 0 Å². The molecule has 1 aliphatic heterocycles. The van der Waals surface area contributed by atoms with Crippen LogP contribution in [0.4, 0.5) is 11.6 Å². The molecule has 0 amide bonds. The number of rotatable bonds is 1. The van der Waals surface area contributed by atoms with Crippen LogP contribution in [0.3, 0.4) is 0 Å². The summed E-state index contributed by atoms with van der Waals surface area (Å²) in [6.45, 7) is 0. The number of hydrogen-bond donors (Lipinski definition) is 3. The van der Waals surface area contributed by atoms with Gasteiger partial charge in [-0.05, 0) is 42.8 Å². The standard InChI is InChI=1S/C17H15BrN4OS/c18-9-4-1-3-8(7-9)12-13-10(5-2-6-11(13)23)20-16-14(12)15(19)21-17(24)22-16/h1,3-4,7,12H,2,5-6H2,(H4,19,20,21,22,24). The van der Waals surface area contributed by atoms with E-state index >= 15 is 0 Å². The van der Waals surface area contributed by atoms with E-state index in [1.165, 1.54) is 0 Å². The van der Waals surface area contributed by atoms with Gasteiger partial charge in [0.1, 0.15) is 11.6 Å². The number of nitrogens with one attached hydrogen (secondary N) is 2. The maximum Gasteiger partial charge on any atom is 0.200 e. The van der Waals surface area contributed by atoms with Gasteiger partial charge in [-0.15, -0.1) is 0 Å². The Morgan fingerprint density at radius 3 is 2.96 bits per heavy atom. The number of carbonyl (C=O) groups excluding carboxylic acids is 1. The van der Waals surface area contributed by atoms with Crippen LogP contribution in [0.5, 0.6) is 0 Å². The zero-order chi connectivity index (χ0) is 16.8. The van der Waals surface area contributed by atoms with Crippen LogP contribution >= 0.6 is 28.1 Å². The number of benzene rings is 1. The molecule has 0 bridgehead atoms. The van der Waals surface area contributed by atoms with Crippen LogP contribution in [-0.4, -0.2) is 15.8 Å². The van der Waals surface area contributed by atoms with Gasteiger partial charge in [0.15, 0.2) is 10.6 Å². The zero-order valence-corrected chi connectivity index (χ0v) is 15.1. The summed E-state index contributed by atoms with van der Waals surface area (Å²) in [6, 6.07) is 7.96. The molecule has 0 spiro atoms. The Balaban J connectivity index is 2.01. The molecular formula is C17H15BrN4OS. The Hall–Kier alpha value is -1.99. The molecule has 2 aromatic rings. The van der Waals surface area contributed by atoms with Crippen LogP contribution in [0.1, 0.15) is 36.3 Å². The minimum Gasteiger partial charge on any atom is -0.385 e. The average Bonchev–Trinajstić information content (AvgIpc) is 2.53. The molecule has 7 heteroatoms. The number of allylic oxidation sites excluding steroid dienone is 2. The second-order valence-electron chi connectivity index (χ2n) is 6.00. The Kier molecular flexibility index (Phi) is 3.77. The van der Waals surface area contributed by atoms with Gasteiger partial charge in [0, 0.05) is 33.6 Å². The molecule has 0 saturated carbocycles. The van der Waals surface area contributed by atoms with Crippen molar-refractivity contribution in [1.82, 2.24) is 9.97 Å². The molecule has 1 unspecified atom stereocenters. The minimum atomic E-state index is -0.235. The van der Waals surface area contributed by atoms with E-state index in [9.17, 15) is 4.79 Å². The van der Waals surface area contributed by atoms with Crippen molar-refractivity contribution >= 4 is 45.6 Å². The molecule has 0 fully saturated rings. The number of H-pyrrole nitrogens is 1. The van der Waals surface area contributed by atoms with Crippen molar-refractivity contribution in [2.75, 3.05) is 11.1 Å². The van der Waals surface area contributed by atoms with E-state index in [0.29, 0.717) is 22.8 Å². The number of aromatic amines is 1. The number of fused-ring (bicyclic) bond motifs is 1. The van der Waals surface area contributed by atoms with E-state index in [-0.39, 0.29) is 11.7 Å². The number of anilines is 2. The second kappa shape index (κ2) is 5.82. The molecule has 1 aromatic heterocycles. The number of hydrogen-bond acceptors (Lipinski definition) is 5. The SMILES string of the molecule is Nc1[nH]c(=S)nc2c1C(c1cccc(Br)c1)C1=C(CCCC1=O)N2. The number of aromatic nitrogens is 2.